The van der Waals surface area contributed by atoms with Crippen molar-refractivity contribution in [3.05, 3.63) is 34.4 Å². The van der Waals surface area contributed by atoms with Crippen molar-refractivity contribution in [1.29, 1.82) is 0 Å². The van der Waals surface area contributed by atoms with Crippen molar-refractivity contribution < 1.29 is 4.92 Å². The lowest BCUT2D eigenvalue weighted by Crippen LogP contribution is -1.86. The van der Waals surface area contributed by atoms with E-state index in [0.717, 1.165) is 9.56 Å². The Kier molecular flexibility index (Phi) is 3.55. The van der Waals surface area contributed by atoms with E-state index in [2.05, 4.69) is 15.9 Å². The Labute approximate surface area is 82.4 Å². The summed E-state index contributed by atoms with van der Waals surface area (Å²) in [6.07, 6.45) is 0. The number of hydrogen-bond donors (Lipinski definition) is 0. The summed E-state index contributed by atoms with van der Waals surface area (Å²) in [6.45, 7) is 0. The van der Waals surface area contributed by atoms with Crippen LogP contribution in [0.5, 0.6) is 0 Å². The topological polar surface area (TPSA) is 43.1 Å². The molecule has 3 nitrogen and oxygen atoms in total. The van der Waals surface area contributed by atoms with Gasteiger partial charge in [0.2, 0.25) is 0 Å². The van der Waals surface area contributed by atoms with Crippen molar-refractivity contribution in [2.24, 2.45) is 0 Å². The summed E-state index contributed by atoms with van der Waals surface area (Å²) in [5.74, 6) is 0. The lowest BCUT2D eigenvalue weighted by molar-refractivity contribution is -0.385. The Balaban J connectivity index is 2.88. The van der Waals surface area contributed by atoms with Crippen LogP contribution in [-0.2, 0) is 0 Å². The average Bonchev–Trinajstić information content (AvgIpc) is 2.05. The molecular weight excluding hydrogens is 242 g/mol. The van der Waals surface area contributed by atoms with Crippen LogP contribution in [0, 0.1) is 10.1 Å². The Morgan fingerprint density at radius 1 is 1.58 bits per heavy atom. The molecule has 0 aromatic heterocycles. The van der Waals surface area contributed by atoms with Gasteiger partial charge in [0.15, 0.2) is 0 Å². The number of thioether (sulfide) groups is 1. The third kappa shape index (κ3) is 2.49. The van der Waals surface area contributed by atoms with E-state index in [-0.39, 0.29) is 5.69 Å². The fourth-order valence-electron chi connectivity index (χ4n) is 0.750. The van der Waals surface area contributed by atoms with Crippen LogP contribution in [0.2, 0.25) is 0 Å². The van der Waals surface area contributed by atoms with Crippen molar-refractivity contribution in [1.82, 2.24) is 0 Å². The molecule has 0 heterocycles. The van der Waals surface area contributed by atoms with Crippen molar-refractivity contribution >= 4 is 33.4 Å². The Hall–Kier alpha value is -0.550. The minimum atomic E-state index is -0.391. The molecule has 64 valence electrons. The summed E-state index contributed by atoms with van der Waals surface area (Å²) in [6, 6.07) is 6.58. The number of rotatable bonds is 3. The zero-order valence-electron chi connectivity index (χ0n) is 6.07. The number of halogens is 1. The van der Waals surface area contributed by atoms with Crippen LogP contribution in [-0.4, -0.2) is 9.59 Å². The highest BCUT2D eigenvalue weighted by Gasteiger charge is 2.04. The highest BCUT2D eigenvalue weighted by molar-refractivity contribution is 9.11. The molecule has 0 radical (unpaired) electrons. The second-order valence-electron chi connectivity index (χ2n) is 2.01. The van der Waals surface area contributed by atoms with Crippen LogP contribution in [0.1, 0.15) is 0 Å². The van der Waals surface area contributed by atoms with Gasteiger partial charge in [0.1, 0.15) is 0 Å². The smallest absolute Gasteiger partial charge is 0.258 e. The number of nitro benzene ring substituents is 1. The van der Waals surface area contributed by atoms with Gasteiger partial charge in [-0.3, -0.25) is 10.1 Å². The van der Waals surface area contributed by atoms with Gasteiger partial charge in [-0.1, -0.05) is 22.0 Å². The molecule has 0 fully saturated rings. The van der Waals surface area contributed by atoms with E-state index >= 15 is 0 Å². The highest BCUT2D eigenvalue weighted by atomic mass is 79.9. The third-order valence-electron chi connectivity index (χ3n) is 1.25. The minimum absolute atomic E-state index is 0.140. The summed E-state index contributed by atoms with van der Waals surface area (Å²) in [4.78, 5) is 10.9. The van der Waals surface area contributed by atoms with Gasteiger partial charge in [-0.2, -0.15) is 0 Å². The average molecular weight is 248 g/mol. The Morgan fingerprint density at radius 3 is 2.92 bits per heavy atom. The first kappa shape index (κ1) is 9.54. The Morgan fingerprint density at radius 2 is 2.33 bits per heavy atom. The Bertz CT molecular complexity index is 292. The van der Waals surface area contributed by atoms with Gasteiger partial charge >= 0.3 is 0 Å². The molecule has 0 unspecified atom stereocenters. The van der Waals surface area contributed by atoms with Crippen molar-refractivity contribution in [3.63, 3.8) is 0 Å². The molecule has 0 bridgehead atoms. The normalized spacial score (nSPS) is 9.75. The first-order valence-electron chi connectivity index (χ1n) is 3.17. The molecule has 0 N–H and O–H groups in total. The number of non-ortho nitro benzene ring substituents is 1. The van der Waals surface area contributed by atoms with Gasteiger partial charge in [-0.25, -0.2) is 0 Å². The van der Waals surface area contributed by atoms with Crippen molar-refractivity contribution in [2.75, 3.05) is 4.66 Å². The van der Waals surface area contributed by atoms with Crippen LogP contribution in [0.3, 0.4) is 0 Å². The molecular formula is C7H6BrNO2S. The van der Waals surface area contributed by atoms with E-state index in [1.807, 2.05) is 6.07 Å². The fourth-order valence-corrected chi connectivity index (χ4v) is 2.05. The SMILES string of the molecule is O=[N+]([O-])c1cccc(SCBr)c1. The molecule has 0 saturated carbocycles. The maximum atomic E-state index is 10.3. The molecule has 0 saturated heterocycles. The predicted molar refractivity (Wildman–Crippen MR) is 52.7 cm³/mol. The van der Waals surface area contributed by atoms with Gasteiger partial charge in [-0.05, 0) is 6.07 Å². The van der Waals surface area contributed by atoms with E-state index < -0.39 is 4.92 Å². The molecule has 12 heavy (non-hydrogen) atoms. The third-order valence-corrected chi connectivity index (χ3v) is 2.63. The van der Waals surface area contributed by atoms with Gasteiger partial charge in [0, 0.05) is 17.0 Å². The van der Waals surface area contributed by atoms with E-state index in [1.54, 1.807) is 12.1 Å². The number of nitrogens with zero attached hydrogens (tertiary/aromatic N) is 1. The molecule has 0 amide bonds. The molecule has 5 heteroatoms. The second kappa shape index (κ2) is 4.47. The molecule has 0 atom stereocenters. The molecule has 0 aliphatic carbocycles. The maximum Gasteiger partial charge on any atom is 0.270 e. The number of benzene rings is 1. The van der Waals surface area contributed by atoms with Crippen LogP contribution in [0.15, 0.2) is 29.2 Å². The van der Waals surface area contributed by atoms with E-state index in [4.69, 9.17) is 0 Å². The number of hydrogen-bond acceptors (Lipinski definition) is 3. The quantitative estimate of drug-likeness (QED) is 0.357. The van der Waals surface area contributed by atoms with Gasteiger partial charge in [0.05, 0.1) is 9.59 Å². The summed E-state index contributed by atoms with van der Waals surface area (Å²) < 4.78 is 0.744. The fraction of sp³-hybridized carbons (Fsp3) is 0.143. The number of alkyl halides is 1. The molecule has 0 spiro atoms. The summed E-state index contributed by atoms with van der Waals surface area (Å²) in [5, 5.41) is 10.3. The zero-order chi connectivity index (χ0) is 8.97. The van der Waals surface area contributed by atoms with Gasteiger partial charge < -0.3 is 0 Å². The van der Waals surface area contributed by atoms with Crippen molar-refractivity contribution in [2.45, 2.75) is 4.90 Å². The van der Waals surface area contributed by atoms with Crippen LogP contribution in [0.4, 0.5) is 5.69 Å². The van der Waals surface area contributed by atoms with Crippen LogP contribution < -0.4 is 0 Å². The number of nitro groups is 1. The van der Waals surface area contributed by atoms with Crippen molar-refractivity contribution in [3.8, 4) is 0 Å². The molecule has 1 rings (SSSR count). The first-order chi connectivity index (χ1) is 5.74. The van der Waals surface area contributed by atoms with Crippen LogP contribution >= 0.6 is 27.7 Å². The molecule has 0 aliphatic heterocycles. The van der Waals surface area contributed by atoms with E-state index in [1.165, 1.54) is 17.8 Å². The van der Waals surface area contributed by atoms with Gasteiger partial charge in [-0.15, -0.1) is 11.8 Å². The molecule has 1 aromatic carbocycles. The first-order valence-corrected chi connectivity index (χ1v) is 5.28. The minimum Gasteiger partial charge on any atom is -0.258 e. The highest BCUT2D eigenvalue weighted by Crippen LogP contribution is 2.23. The summed E-state index contributed by atoms with van der Waals surface area (Å²) in [5.41, 5.74) is 0.140. The molecule has 1 aromatic rings. The second-order valence-corrected chi connectivity index (χ2v) is 4.36. The standard InChI is InChI=1S/C7H6BrNO2S/c8-5-12-7-3-1-2-6(4-7)9(10)11/h1-4H,5H2. The van der Waals surface area contributed by atoms with E-state index in [9.17, 15) is 10.1 Å². The molecule has 0 aliphatic rings. The lowest BCUT2D eigenvalue weighted by atomic mass is 10.3. The van der Waals surface area contributed by atoms with E-state index in [0.29, 0.717) is 0 Å². The van der Waals surface area contributed by atoms with Gasteiger partial charge in [0.25, 0.3) is 5.69 Å². The van der Waals surface area contributed by atoms with Crippen LogP contribution in [0.25, 0.3) is 0 Å². The summed E-state index contributed by atoms with van der Waals surface area (Å²) in [7, 11) is 0. The predicted octanol–water partition coefficient (Wildman–Crippen LogP) is 3.04. The monoisotopic (exact) mass is 247 g/mol. The maximum absolute atomic E-state index is 10.3. The summed E-state index contributed by atoms with van der Waals surface area (Å²) >= 11 is 4.76. The zero-order valence-corrected chi connectivity index (χ0v) is 8.47. The largest absolute Gasteiger partial charge is 0.270 e. The lowest BCUT2D eigenvalue weighted by Gasteiger charge is -1.95.